The van der Waals surface area contributed by atoms with E-state index in [4.69, 9.17) is 23.2 Å². The Morgan fingerprint density at radius 1 is 1.13 bits per heavy atom. The van der Waals surface area contributed by atoms with Crippen molar-refractivity contribution in [3.63, 3.8) is 0 Å². The smallest absolute Gasteiger partial charge is 0.270 e. The van der Waals surface area contributed by atoms with Crippen LogP contribution in [0.5, 0.6) is 0 Å². The van der Waals surface area contributed by atoms with Gasteiger partial charge in [-0.15, -0.1) is 10.2 Å². The number of aromatic nitrogens is 2. The van der Waals surface area contributed by atoms with E-state index in [-0.39, 0.29) is 20.1 Å². The lowest BCUT2D eigenvalue weighted by Gasteiger charge is -2.16. The molecule has 7 nitrogen and oxygen atoms in total. The normalized spacial score (nSPS) is 12.5. The van der Waals surface area contributed by atoms with Gasteiger partial charge in [-0.3, -0.25) is 10.1 Å². The number of rotatable bonds is 7. The molecule has 2 N–H and O–H groups in total. The molecule has 0 radical (unpaired) electrons. The molecule has 3 rings (SSSR count). The van der Waals surface area contributed by atoms with Crippen molar-refractivity contribution in [1.82, 2.24) is 14.9 Å². The summed E-state index contributed by atoms with van der Waals surface area (Å²) in [6.07, 6.45) is 0.555. The first-order valence-corrected chi connectivity index (χ1v) is 11.9. The maximum absolute atomic E-state index is 12.8. The highest BCUT2D eigenvalue weighted by molar-refractivity contribution is 7.91. The molecule has 0 saturated heterocycles. The number of benzene rings is 2. The van der Waals surface area contributed by atoms with E-state index in [9.17, 15) is 13.2 Å². The van der Waals surface area contributed by atoms with Gasteiger partial charge in [0, 0.05) is 11.1 Å². The Hall–Kier alpha value is -2.04. The Morgan fingerprint density at radius 3 is 2.47 bits per heavy atom. The molecule has 0 aliphatic rings. The number of aryl methyl sites for hydroxylation is 1. The average molecular weight is 485 g/mol. The first-order chi connectivity index (χ1) is 14.2. The maximum Gasteiger partial charge on any atom is 0.270 e. The molecule has 1 unspecified atom stereocenters. The fourth-order valence-corrected chi connectivity index (χ4v) is 5.34. The lowest BCUT2D eigenvalue weighted by atomic mass is 10.0. The fourth-order valence-electron chi connectivity index (χ4n) is 2.63. The van der Waals surface area contributed by atoms with E-state index in [0.717, 1.165) is 22.5 Å². The van der Waals surface area contributed by atoms with E-state index in [0.29, 0.717) is 11.4 Å². The highest BCUT2D eigenvalue weighted by Gasteiger charge is 2.25. The number of anilines is 1. The van der Waals surface area contributed by atoms with Crippen LogP contribution in [0.15, 0.2) is 46.8 Å². The van der Waals surface area contributed by atoms with Gasteiger partial charge in [0.25, 0.3) is 15.9 Å². The molecule has 0 fully saturated rings. The summed E-state index contributed by atoms with van der Waals surface area (Å²) < 4.78 is 27.9. The van der Waals surface area contributed by atoms with Crippen LogP contribution in [-0.2, 0) is 10.0 Å². The number of carbonyl (C=O) groups excluding carboxylic acids is 1. The van der Waals surface area contributed by atoms with Gasteiger partial charge >= 0.3 is 0 Å². The van der Waals surface area contributed by atoms with Crippen LogP contribution < -0.4 is 10.0 Å². The molecule has 0 bridgehead atoms. The van der Waals surface area contributed by atoms with Crippen molar-refractivity contribution in [2.24, 2.45) is 0 Å². The highest BCUT2D eigenvalue weighted by atomic mass is 35.5. The van der Waals surface area contributed by atoms with Crippen LogP contribution in [0, 0.1) is 6.92 Å². The summed E-state index contributed by atoms with van der Waals surface area (Å²) in [4.78, 5) is 12.4. The van der Waals surface area contributed by atoms with Gasteiger partial charge in [0.05, 0.1) is 10.6 Å². The largest absolute Gasteiger partial charge is 0.296 e. The minimum atomic E-state index is -3.92. The number of amides is 1. The number of sulfonamides is 1. The molecular formula is C19H18Cl2N4O3S2. The number of hydrogen-bond donors (Lipinski definition) is 2. The van der Waals surface area contributed by atoms with Crippen molar-refractivity contribution in [2.75, 3.05) is 5.32 Å². The van der Waals surface area contributed by atoms with E-state index in [2.05, 4.69) is 20.2 Å². The van der Waals surface area contributed by atoms with Gasteiger partial charge in [0.2, 0.25) is 9.47 Å². The minimum absolute atomic E-state index is 0.0368. The van der Waals surface area contributed by atoms with Crippen LogP contribution in [0.4, 0.5) is 5.13 Å². The molecular weight excluding hydrogens is 467 g/mol. The molecule has 0 aliphatic carbocycles. The SMILES string of the molecule is CCC(NS(=O)(=O)c1nnc(NC(=O)c2ccc(Cl)cc2Cl)s1)c1ccc(C)cc1. The van der Waals surface area contributed by atoms with Crippen LogP contribution in [-0.4, -0.2) is 24.5 Å². The predicted octanol–water partition coefficient (Wildman–Crippen LogP) is 4.84. The monoisotopic (exact) mass is 484 g/mol. The second kappa shape index (κ2) is 9.40. The van der Waals surface area contributed by atoms with Crippen molar-refractivity contribution in [2.45, 2.75) is 30.6 Å². The van der Waals surface area contributed by atoms with Crippen LogP contribution in [0.25, 0.3) is 0 Å². The number of hydrogen-bond acceptors (Lipinski definition) is 6. The summed E-state index contributed by atoms with van der Waals surface area (Å²) >= 11 is 12.6. The van der Waals surface area contributed by atoms with E-state index in [1.165, 1.54) is 18.2 Å². The van der Waals surface area contributed by atoms with Gasteiger partial charge in [-0.05, 0) is 37.1 Å². The van der Waals surface area contributed by atoms with Crippen molar-refractivity contribution in [3.8, 4) is 0 Å². The quantitative estimate of drug-likeness (QED) is 0.467. The van der Waals surface area contributed by atoms with Crippen LogP contribution in [0.3, 0.4) is 0 Å². The van der Waals surface area contributed by atoms with Gasteiger partial charge in [-0.1, -0.05) is 71.3 Å². The Labute approximate surface area is 188 Å². The van der Waals surface area contributed by atoms with E-state index >= 15 is 0 Å². The van der Waals surface area contributed by atoms with Gasteiger partial charge in [0.15, 0.2) is 0 Å². The lowest BCUT2D eigenvalue weighted by Crippen LogP contribution is -2.28. The van der Waals surface area contributed by atoms with Crippen LogP contribution in [0.2, 0.25) is 10.0 Å². The third-order valence-corrected chi connectivity index (χ3v) is 7.44. The highest BCUT2D eigenvalue weighted by Crippen LogP contribution is 2.26. The summed E-state index contributed by atoms with van der Waals surface area (Å²) in [5.74, 6) is -0.546. The number of carbonyl (C=O) groups is 1. The second-order valence-corrected chi connectivity index (χ2v) is 10.2. The number of halogens is 2. The predicted molar refractivity (Wildman–Crippen MR) is 119 cm³/mol. The van der Waals surface area contributed by atoms with Crippen molar-refractivity contribution in [1.29, 1.82) is 0 Å². The van der Waals surface area contributed by atoms with E-state index < -0.39 is 22.0 Å². The van der Waals surface area contributed by atoms with Crippen molar-refractivity contribution >= 4 is 55.6 Å². The van der Waals surface area contributed by atoms with Crippen molar-refractivity contribution < 1.29 is 13.2 Å². The minimum Gasteiger partial charge on any atom is -0.296 e. The zero-order valence-corrected chi connectivity index (χ0v) is 19.2. The molecule has 2 aromatic carbocycles. The Kier molecular flexibility index (Phi) is 7.10. The first kappa shape index (κ1) is 22.6. The van der Waals surface area contributed by atoms with Crippen LogP contribution in [0.1, 0.15) is 40.9 Å². The summed E-state index contributed by atoms with van der Waals surface area (Å²) in [7, 11) is -3.92. The Morgan fingerprint density at radius 2 is 1.83 bits per heavy atom. The van der Waals surface area contributed by atoms with Gasteiger partial charge < -0.3 is 0 Å². The van der Waals surface area contributed by atoms with E-state index in [1.807, 2.05) is 38.1 Å². The van der Waals surface area contributed by atoms with Gasteiger partial charge in [0.1, 0.15) is 0 Å². The van der Waals surface area contributed by atoms with Gasteiger partial charge in [-0.2, -0.15) is 0 Å². The molecule has 0 aliphatic heterocycles. The molecule has 3 aromatic rings. The second-order valence-electron chi connectivity index (χ2n) is 6.44. The molecule has 0 saturated carbocycles. The molecule has 11 heteroatoms. The van der Waals surface area contributed by atoms with Crippen molar-refractivity contribution in [3.05, 3.63) is 69.2 Å². The molecule has 1 atom stereocenters. The third-order valence-electron chi connectivity index (χ3n) is 4.22. The zero-order valence-electron chi connectivity index (χ0n) is 16.0. The Balaban J connectivity index is 1.75. The maximum atomic E-state index is 12.8. The molecule has 1 aromatic heterocycles. The molecule has 1 heterocycles. The third kappa shape index (κ3) is 5.35. The number of nitrogens with one attached hydrogen (secondary N) is 2. The molecule has 30 heavy (non-hydrogen) atoms. The lowest BCUT2D eigenvalue weighted by molar-refractivity contribution is 0.102. The van der Waals surface area contributed by atoms with Gasteiger partial charge in [-0.25, -0.2) is 13.1 Å². The molecule has 1 amide bonds. The summed E-state index contributed by atoms with van der Waals surface area (Å²) in [5, 5.41) is 10.6. The summed E-state index contributed by atoms with van der Waals surface area (Å²) in [6, 6.07) is 11.6. The van der Waals surface area contributed by atoms with Crippen LogP contribution >= 0.6 is 34.5 Å². The Bertz CT molecular complexity index is 1160. The molecule has 0 spiro atoms. The van der Waals surface area contributed by atoms with E-state index in [1.54, 1.807) is 0 Å². The zero-order chi connectivity index (χ0) is 21.9. The fraction of sp³-hybridized carbons (Fsp3) is 0.211. The average Bonchev–Trinajstić information content (AvgIpc) is 3.16. The summed E-state index contributed by atoms with van der Waals surface area (Å²) in [6.45, 7) is 3.85. The standard InChI is InChI=1S/C19H18Cl2N4O3S2/c1-3-16(12-6-4-11(2)5-7-12)25-30(27,28)19-24-23-18(29-19)22-17(26)14-9-8-13(20)10-15(14)21/h4-10,16,25H,3H2,1-2H3,(H,22,23,26). The molecule has 158 valence electrons. The topological polar surface area (TPSA) is 101 Å². The number of nitrogens with zero attached hydrogens (tertiary/aromatic N) is 2. The summed E-state index contributed by atoms with van der Waals surface area (Å²) in [5.41, 5.74) is 2.12. The first-order valence-electron chi connectivity index (χ1n) is 8.88.